The van der Waals surface area contributed by atoms with E-state index in [1.165, 1.54) is 0 Å². The van der Waals surface area contributed by atoms with Crippen LogP contribution in [0.3, 0.4) is 0 Å². The molecule has 0 spiro atoms. The van der Waals surface area contributed by atoms with Crippen molar-refractivity contribution in [3.63, 3.8) is 0 Å². The molecule has 2 aromatic carbocycles. The van der Waals surface area contributed by atoms with Crippen molar-refractivity contribution >= 4 is 18.0 Å². The summed E-state index contributed by atoms with van der Waals surface area (Å²) in [7, 11) is 1.61. The molecule has 0 bridgehead atoms. The highest BCUT2D eigenvalue weighted by molar-refractivity contribution is 5.89. The molecule has 27 heavy (non-hydrogen) atoms. The molecule has 6 nitrogen and oxygen atoms in total. The molecule has 2 saturated heterocycles. The quantitative estimate of drug-likeness (QED) is 0.602. The van der Waals surface area contributed by atoms with Crippen LogP contribution in [0.1, 0.15) is 27.9 Å². The van der Waals surface area contributed by atoms with Gasteiger partial charge < -0.3 is 14.2 Å². The maximum atomic E-state index is 12.2. The second-order valence-corrected chi connectivity index (χ2v) is 6.46. The summed E-state index contributed by atoms with van der Waals surface area (Å²) in [5.74, 6) is 1.27. The van der Waals surface area contributed by atoms with Crippen LogP contribution in [0.15, 0.2) is 54.3 Å². The van der Waals surface area contributed by atoms with Crippen LogP contribution in [0, 0.1) is 0 Å². The number of carbonyl (C=O) groups is 2. The Morgan fingerprint density at radius 2 is 1.93 bits per heavy atom. The topological polar surface area (TPSA) is 65.1 Å². The molecule has 2 aliphatic heterocycles. The molecule has 2 aromatic rings. The molecule has 4 rings (SSSR count). The van der Waals surface area contributed by atoms with E-state index < -0.39 is 0 Å². The number of methoxy groups -OCH3 is 1. The lowest BCUT2D eigenvalue weighted by Gasteiger charge is -2.30. The number of hydrogen-bond acceptors (Lipinski definition) is 5. The average Bonchev–Trinajstić information content (AvgIpc) is 3.03. The molecule has 0 N–H and O–H groups in total. The van der Waals surface area contributed by atoms with E-state index in [4.69, 9.17) is 14.2 Å². The third-order valence-corrected chi connectivity index (χ3v) is 4.63. The normalized spacial score (nSPS) is 19.3. The Bertz CT molecular complexity index is 886. The number of ether oxygens (including phenoxy) is 3. The van der Waals surface area contributed by atoms with E-state index in [0.717, 1.165) is 22.6 Å². The van der Waals surface area contributed by atoms with Gasteiger partial charge >= 0.3 is 5.97 Å². The molecule has 1 atom stereocenters. The van der Waals surface area contributed by atoms with Crippen molar-refractivity contribution in [3.05, 3.63) is 71.0 Å². The molecule has 6 heteroatoms. The molecule has 138 valence electrons. The van der Waals surface area contributed by atoms with Crippen LogP contribution >= 0.6 is 0 Å². The lowest BCUT2D eigenvalue weighted by Crippen LogP contribution is -2.48. The highest BCUT2D eigenvalue weighted by atomic mass is 16.5. The molecule has 2 fully saturated rings. The summed E-state index contributed by atoms with van der Waals surface area (Å²) in [5, 5.41) is 0. The van der Waals surface area contributed by atoms with E-state index in [1.54, 1.807) is 24.1 Å². The van der Waals surface area contributed by atoms with E-state index in [-0.39, 0.29) is 24.7 Å². The van der Waals surface area contributed by atoms with E-state index >= 15 is 0 Å². The molecule has 0 aliphatic carbocycles. The van der Waals surface area contributed by atoms with Crippen molar-refractivity contribution in [1.29, 1.82) is 0 Å². The fraction of sp³-hybridized carbons (Fsp3) is 0.238. The molecule has 2 aliphatic rings. The van der Waals surface area contributed by atoms with Gasteiger partial charge in [0.25, 0.3) is 0 Å². The first kappa shape index (κ1) is 17.1. The van der Waals surface area contributed by atoms with Gasteiger partial charge in [-0.25, -0.2) is 4.79 Å². The Hall–Kier alpha value is -3.28. The Kier molecular flexibility index (Phi) is 4.54. The Morgan fingerprint density at radius 3 is 2.56 bits per heavy atom. The second-order valence-electron chi connectivity index (χ2n) is 6.46. The Balaban J connectivity index is 1.34. The van der Waals surface area contributed by atoms with Gasteiger partial charge in [-0.3, -0.25) is 9.69 Å². The molecule has 1 amide bonds. The highest BCUT2D eigenvalue weighted by Gasteiger charge is 2.43. The number of rotatable bonds is 5. The third-order valence-electron chi connectivity index (χ3n) is 4.63. The van der Waals surface area contributed by atoms with Gasteiger partial charge in [0.1, 0.15) is 18.1 Å². The van der Waals surface area contributed by atoms with Gasteiger partial charge in [-0.15, -0.1) is 0 Å². The number of hydrogen-bond donors (Lipinski definition) is 0. The van der Waals surface area contributed by atoms with Crippen LogP contribution in [-0.2, 0) is 20.9 Å². The first-order valence-corrected chi connectivity index (χ1v) is 8.69. The lowest BCUT2D eigenvalue weighted by molar-refractivity contribution is -0.153. The molecule has 2 heterocycles. The van der Waals surface area contributed by atoms with E-state index in [1.807, 2.05) is 42.5 Å². The standard InChI is InChI=1S/C21H19NO5/c1-25-17-8-4-15(5-9-17)13-26-21(24)16-6-2-14(3-7-16)10-18-12-22-19(23)11-20(22)27-18/h2-10,20H,11-13H2,1H3. The van der Waals surface area contributed by atoms with Crippen molar-refractivity contribution < 1.29 is 23.8 Å². The first-order valence-electron chi connectivity index (χ1n) is 8.69. The molecular weight excluding hydrogens is 346 g/mol. The number of esters is 1. The van der Waals surface area contributed by atoms with Gasteiger partial charge in [-0.1, -0.05) is 24.3 Å². The van der Waals surface area contributed by atoms with E-state index in [2.05, 4.69) is 0 Å². The lowest BCUT2D eigenvalue weighted by atomic mass is 10.1. The van der Waals surface area contributed by atoms with Crippen LogP contribution < -0.4 is 4.74 Å². The van der Waals surface area contributed by atoms with Gasteiger partial charge in [-0.2, -0.15) is 0 Å². The second kappa shape index (κ2) is 7.15. The van der Waals surface area contributed by atoms with Crippen molar-refractivity contribution in [2.75, 3.05) is 13.7 Å². The summed E-state index contributed by atoms with van der Waals surface area (Å²) < 4.78 is 16.1. The SMILES string of the molecule is COc1ccc(COC(=O)c2ccc(C=C3CN4C(=O)CC4O3)cc2)cc1. The van der Waals surface area contributed by atoms with Gasteiger partial charge in [-0.05, 0) is 41.5 Å². The molecule has 1 unspecified atom stereocenters. The Labute approximate surface area is 156 Å². The number of amides is 1. The number of β-lactam (4-membered cyclic amide) rings is 1. The fourth-order valence-corrected chi connectivity index (χ4v) is 3.04. The largest absolute Gasteiger partial charge is 0.497 e. The van der Waals surface area contributed by atoms with Crippen molar-refractivity contribution in [1.82, 2.24) is 4.90 Å². The predicted molar refractivity (Wildman–Crippen MR) is 97.7 cm³/mol. The number of fused-ring (bicyclic) bond motifs is 1. The summed E-state index contributed by atoms with van der Waals surface area (Å²) in [6, 6.07) is 14.5. The van der Waals surface area contributed by atoms with Crippen LogP contribution in [0.2, 0.25) is 0 Å². The van der Waals surface area contributed by atoms with Crippen molar-refractivity contribution in [2.24, 2.45) is 0 Å². The molecule has 0 radical (unpaired) electrons. The minimum absolute atomic E-state index is 0.101. The molecule has 0 saturated carbocycles. The third kappa shape index (κ3) is 3.65. The number of nitrogens with zero attached hydrogens (tertiary/aromatic N) is 1. The minimum atomic E-state index is -0.378. The summed E-state index contributed by atoms with van der Waals surface area (Å²) in [6.07, 6.45) is 2.24. The Morgan fingerprint density at radius 1 is 1.19 bits per heavy atom. The van der Waals surface area contributed by atoms with Crippen LogP contribution in [-0.4, -0.2) is 36.7 Å². The monoisotopic (exact) mass is 365 g/mol. The van der Waals surface area contributed by atoms with Gasteiger partial charge in [0, 0.05) is 0 Å². The predicted octanol–water partition coefficient (Wildman–Crippen LogP) is 2.98. The summed E-state index contributed by atoms with van der Waals surface area (Å²) in [6.45, 7) is 0.711. The number of benzene rings is 2. The zero-order valence-electron chi connectivity index (χ0n) is 14.9. The van der Waals surface area contributed by atoms with Crippen molar-refractivity contribution in [3.8, 4) is 5.75 Å². The van der Waals surface area contributed by atoms with Crippen molar-refractivity contribution in [2.45, 2.75) is 19.3 Å². The maximum absolute atomic E-state index is 12.2. The zero-order valence-corrected chi connectivity index (χ0v) is 14.9. The smallest absolute Gasteiger partial charge is 0.338 e. The first-order chi connectivity index (χ1) is 13.1. The number of carbonyl (C=O) groups excluding carboxylic acids is 2. The van der Waals surface area contributed by atoms with E-state index in [9.17, 15) is 9.59 Å². The maximum Gasteiger partial charge on any atom is 0.338 e. The minimum Gasteiger partial charge on any atom is -0.497 e. The fourth-order valence-electron chi connectivity index (χ4n) is 3.04. The van der Waals surface area contributed by atoms with Crippen LogP contribution in [0.5, 0.6) is 5.75 Å². The van der Waals surface area contributed by atoms with E-state index in [0.29, 0.717) is 18.5 Å². The molecule has 0 aromatic heterocycles. The zero-order chi connectivity index (χ0) is 18.8. The van der Waals surface area contributed by atoms with Gasteiger partial charge in [0.15, 0.2) is 6.23 Å². The average molecular weight is 365 g/mol. The van der Waals surface area contributed by atoms with Crippen LogP contribution in [0.25, 0.3) is 6.08 Å². The van der Waals surface area contributed by atoms with Gasteiger partial charge in [0.05, 0.1) is 25.6 Å². The molecular formula is C21H19NO5. The summed E-state index contributed by atoms with van der Waals surface area (Å²) in [4.78, 5) is 25.3. The summed E-state index contributed by atoms with van der Waals surface area (Å²) >= 11 is 0. The van der Waals surface area contributed by atoms with Crippen LogP contribution in [0.4, 0.5) is 0 Å². The summed E-state index contributed by atoms with van der Waals surface area (Å²) in [5.41, 5.74) is 2.28. The highest BCUT2D eigenvalue weighted by Crippen LogP contribution is 2.31. The van der Waals surface area contributed by atoms with Gasteiger partial charge in [0.2, 0.25) is 5.91 Å².